The van der Waals surface area contributed by atoms with Crippen molar-refractivity contribution in [2.75, 3.05) is 0 Å². The van der Waals surface area contributed by atoms with E-state index < -0.39 is 0 Å². The van der Waals surface area contributed by atoms with Gasteiger partial charge in [-0.3, -0.25) is 0 Å². The predicted molar refractivity (Wildman–Crippen MR) is 119 cm³/mol. The van der Waals surface area contributed by atoms with E-state index in [-0.39, 0.29) is 0 Å². The molecule has 2 nitrogen and oxygen atoms in total. The highest BCUT2D eigenvalue weighted by molar-refractivity contribution is 5.34. The minimum atomic E-state index is 0.326. The maximum Gasteiger partial charge on any atom is 0.124 e. The summed E-state index contributed by atoms with van der Waals surface area (Å²) >= 11 is 0. The van der Waals surface area contributed by atoms with Crippen LogP contribution in [0.15, 0.2) is 48.5 Å². The molecule has 2 unspecified atom stereocenters. The minimum absolute atomic E-state index is 0.326. The number of benzene rings is 2. The van der Waals surface area contributed by atoms with Gasteiger partial charge in [0.05, 0.1) is 0 Å². The van der Waals surface area contributed by atoms with Crippen molar-refractivity contribution in [1.29, 1.82) is 0 Å². The van der Waals surface area contributed by atoms with Gasteiger partial charge in [0.2, 0.25) is 0 Å². The Morgan fingerprint density at radius 3 is 2.41 bits per heavy atom. The summed E-state index contributed by atoms with van der Waals surface area (Å²) in [4.78, 5) is 0. The fourth-order valence-corrected chi connectivity index (χ4v) is 7.68. The highest BCUT2D eigenvalue weighted by atomic mass is 16.5. The van der Waals surface area contributed by atoms with E-state index in [9.17, 15) is 0 Å². The molecule has 29 heavy (non-hydrogen) atoms. The van der Waals surface area contributed by atoms with Crippen molar-refractivity contribution in [3.63, 3.8) is 0 Å². The fourth-order valence-electron chi connectivity index (χ4n) is 7.68. The molecule has 4 bridgehead atoms. The topological polar surface area (TPSA) is 21.3 Å². The first-order valence-corrected chi connectivity index (χ1v) is 11.4. The molecular weight excluding hydrogens is 354 g/mol. The van der Waals surface area contributed by atoms with Gasteiger partial charge in [-0.05, 0) is 73.8 Å². The van der Waals surface area contributed by atoms with Crippen LogP contribution in [0, 0.1) is 23.7 Å². The summed E-state index contributed by atoms with van der Waals surface area (Å²) in [5, 5.41) is 4.06. The molecule has 154 valence electrons. The molecule has 0 heterocycles. The third kappa shape index (κ3) is 3.84. The van der Waals surface area contributed by atoms with Crippen molar-refractivity contribution in [3.8, 4) is 5.75 Å². The molecule has 2 atom stereocenters. The van der Waals surface area contributed by atoms with E-state index in [4.69, 9.17) is 4.74 Å². The lowest BCUT2D eigenvalue weighted by atomic mass is 9.43. The van der Waals surface area contributed by atoms with Crippen LogP contribution in [0.2, 0.25) is 0 Å². The van der Waals surface area contributed by atoms with Crippen molar-refractivity contribution >= 4 is 0 Å². The average molecular weight is 390 g/mol. The SMILES string of the molecule is Cc1cccc(COc2ccccc2CNC23CC4CC(C)(CC(C)(C4)C2)C3)c1. The normalized spacial score (nSPS) is 35.1. The maximum absolute atomic E-state index is 6.25. The van der Waals surface area contributed by atoms with E-state index in [2.05, 4.69) is 74.6 Å². The molecule has 0 amide bonds. The molecule has 2 aromatic carbocycles. The lowest BCUT2D eigenvalue weighted by molar-refractivity contribution is -0.118. The van der Waals surface area contributed by atoms with Crippen molar-refractivity contribution in [2.24, 2.45) is 16.7 Å². The Bertz CT molecular complexity index is 885. The van der Waals surface area contributed by atoms with Crippen LogP contribution in [0.1, 0.15) is 69.1 Å². The molecule has 0 radical (unpaired) electrons. The van der Waals surface area contributed by atoms with Crippen molar-refractivity contribution < 1.29 is 4.74 Å². The predicted octanol–water partition coefficient (Wildman–Crippen LogP) is 6.41. The summed E-state index contributed by atoms with van der Waals surface area (Å²) in [5.74, 6) is 1.94. The molecular formula is C27H35NO. The molecule has 0 saturated heterocycles. The first-order chi connectivity index (χ1) is 13.8. The van der Waals surface area contributed by atoms with Gasteiger partial charge in [0.15, 0.2) is 0 Å². The molecule has 6 rings (SSSR count). The van der Waals surface area contributed by atoms with Gasteiger partial charge in [0.25, 0.3) is 0 Å². The number of rotatable bonds is 6. The van der Waals surface area contributed by atoms with Gasteiger partial charge in [0.1, 0.15) is 12.4 Å². The Morgan fingerprint density at radius 1 is 0.931 bits per heavy atom. The lowest BCUT2D eigenvalue weighted by Crippen LogP contribution is -2.63. The van der Waals surface area contributed by atoms with Crippen molar-refractivity contribution in [2.45, 2.75) is 78.0 Å². The second-order valence-corrected chi connectivity index (χ2v) is 11.1. The largest absolute Gasteiger partial charge is 0.489 e. The van der Waals surface area contributed by atoms with E-state index in [1.165, 1.54) is 55.2 Å². The Labute approximate surface area is 176 Å². The summed E-state index contributed by atoms with van der Waals surface area (Å²) in [6, 6.07) is 17.2. The van der Waals surface area contributed by atoms with E-state index in [1.54, 1.807) is 0 Å². The third-order valence-corrected chi connectivity index (χ3v) is 7.73. The van der Waals surface area contributed by atoms with Crippen LogP contribution in [0.25, 0.3) is 0 Å². The smallest absolute Gasteiger partial charge is 0.124 e. The van der Waals surface area contributed by atoms with Crippen LogP contribution in [0.3, 0.4) is 0 Å². The molecule has 0 aliphatic heterocycles. The number of ether oxygens (including phenoxy) is 1. The highest BCUT2D eigenvalue weighted by Crippen LogP contribution is 2.66. The zero-order chi connectivity index (χ0) is 20.1. The molecule has 2 aromatic rings. The Kier molecular flexibility index (Phi) is 4.55. The second-order valence-electron chi connectivity index (χ2n) is 11.1. The molecule has 0 aromatic heterocycles. The van der Waals surface area contributed by atoms with Crippen LogP contribution in [-0.4, -0.2) is 5.54 Å². The van der Waals surface area contributed by atoms with E-state index in [0.29, 0.717) is 23.0 Å². The standard InChI is InChI=1S/C27H35NO/c1-20-7-6-8-21(11-20)16-29-24-10-5-4-9-23(24)15-28-27-14-22-12-25(2,18-27)17-26(3,13-22)19-27/h4-11,22,28H,12-19H2,1-3H3. The summed E-state index contributed by atoms with van der Waals surface area (Å²) in [6.07, 6.45) is 8.38. The summed E-state index contributed by atoms with van der Waals surface area (Å²) in [5.41, 5.74) is 5.21. The molecule has 4 aliphatic carbocycles. The fraction of sp³-hybridized carbons (Fsp3) is 0.556. The Morgan fingerprint density at radius 2 is 1.69 bits per heavy atom. The van der Waals surface area contributed by atoms with E-state index in [0.717, 1.165) is 18.2 Å². The van der Waals surface area contributed by atoms with Gasteiger partial charge >= 0.3 is 0 Å². The molecule has 4 aliphatic rings. The minimum Gasteiger partial charge on any atom is -0.489 e. The Hall–Kier alpha value is -1.80. The van der Waals surface area contributed by atoms with Crippen LogP contribution in [0.5, 0.6) is 5.75 Å². The highest BCUT2D eigenvalue weighted by Gasteiger charge is 2.59. The van der Waals surface area contributed by atoms with Crippen LogP contribution in [-0.2, 0) is 13.2 Å². The molecule has 0 spiro atoms. The molecule has 4 saturated carbocycles. The van der Waals surface area contributed by atoms with Gasteiger partial charge in [-0.15, -0.1) is 0 Å². The third-order valence-electron chi connectivity index (χ3n) is 7.73. The van der Waals surface area contributed by atoms with Gasteiger partial charge in [-0.2, -0.15) is 0 Å². The van der Waals surface area contributed by atoms with Gasteiger partial charge < -0.3 is 10.1 Å². The first kappa shape index (κ1) is 19.2. The summed E-state index contributed by atoms with van der Waals surface area (Å²) in [6.45, 7) is 8.76. The number of nitrogens with one attached hydrogen (secondary N) is 1. The zero-order valence-electron chi connectivity index (χ0n) is 18.3. The van der Waals surface area contributed by atoms with Crippen LogP contribution in [0.4, 0.5) is 0 Å². The molecule has 1 N–H and O–H groups in total. The van der Waals surface area contributed by atoms with Gasteiger partial charge in [0, 0.05) is 17.6 Å². The number of para-hydroxylation sites is 1. The van der Waals surface area contributed by atoms with E-state index in [1.807, 2.05) is 0 Å². The van der Waals surface area contributed by atoms with Crippen LogP contribution < -0.4 is 10.1 Å². The summed E-state index contributed by atoms with van der Waals surface area (Å²) in [7, 11) is 0. The molecule has 4 fully saturated rings. The van der Waals surface area contributed by atoms with Gasteiger partial charge in [-0.1, -0.05) is 61.9 Å². The zero-order valence-corrected chi connectivity index (χ0v) is 18.3. The second kappa shape index (κ2) is 6.87. The number of hydrogen-bond donors (Lipinski definition) is 1. The van der Waals surface area contributed by atoms with Crippen LogP contribution >= 0.6 is 0 Å². The lowest BCUT2D eigenvalue weighted by Gasteiger charge is -2.65. The maximum atomic E-state index is 6.25. The molecule has 2 heteroatoms. The first-order valence-electron chi connectivity index (χ1n) is 11.4. The van der Waals surface area contributed by atoms with Crippen molar-refractivity contribution in [3.05, 3.63) is 65.2 Å². The van der Waals surface area contributed by atoms with E-state index >= 15 is 0 Å². The Balaban J connectivity index is 1.29. The van der Waals surface area contributed by atoms with Gasteiger partial charge in [-0.25, -0.2) is 0 Å². The number of aryl methyl sites for hydroxylation is 1. The number of hydrogen-bond acceptors (Lipinski definition) is 2. The monoisotopic (exact) mass is 389 g/mol. The summed E-state index contributed by atoms with van der Waals surface area (Å²) < 4.78 is 6.25. The quantitative estimate of drug-likeness (QED) is 0.616. The van der Waals surface area contributed by atoms with Crippen molar-refractivity contribution in [1.82, 2.24) is 5.32 Å². The average Bonchev–Trinajstić information content (AvgIpc) is 2.62.